The van der Waals surface area contributed by atoms with Gasteiger partial charge in [-0.25, -0.2) is 0 Å². The van der Waals surface area contributed by atoms with Gasteiger partial charge in [0.1, 0.15) is 18.1 Å². The molecule has 2 aliphatic heterocycles. The molecule has 2 atom stereocenters. The number of hydrogen-bond donors (Lipinski definition) is 2. The second kappa shape index (κ2) is 6.41. The van der Waals surface area contributed by atoms with Gasteiger partial charge in [0.25, 0.3) is 0 Å². The smallest absolute Gasteiger partial charge is 0.232 e. The predicted molar refractivity (Wildman–Crippen MR) is 92.6 cm³/mol. The van der Waals surface area contributed by atoms with E-state index in [9.17, 15) is 9.90 Å². The van der Waals surface area contributed by atoms with Gasteiger partial charge in [0.2, 0.25) is 5.78 Å². The van der Waals surface area contributed by atoms with Gasteiger partial charge in [0, 0.05) is 6.08 Å². The fourth-order valence-electron chi connectivity index (χ4n) is 3.71. The summed E-state index contributed by atoms with van der Waals surface area (Å²) in [4.78, 5) is 14.0. The summed E-state index contributed by atoms with van der Waals surface area (Å²) in [5, 5.41) is 10.4. The normalized spacial score (nSPS) is 24.4. The minimum absolute atomic E-state index is 0.172. The first-order chi connectivity index (χ1) is 12.1. The summed E-state index contributed by atoms with van der Waals surface area (Å²) in [7, 11) is 0. The molecule has 1 aromatic carbocycles. The van der Waals surface area contributed by atoms with Crippen molar-refractivity contribution in [2.24, 2.45) is 0 Å². The summed E-state index contributed by atoms with van der Waals surface area (Å²) in [5.74, 6) is 1.31. The quantitative estimate of drug-likeness (QED) is 0.843. The van der Waals surface area contributed by atoms with Crippen LogP contribution in [-0.2, 0) is 6.54 Å². The van der Waals surface area contributed by atoms with E-state index in [1.807, 2.05) is 0 Å². The van der Waals surface area contributed by atoms with Gasteiger partial charge in [0.05, 0.1) is 30.0 Å². The molecule has 5 heteroatoms. The number of carbonyl (C=O) groups excluding carboxylic acids is 1. The highest BCUT2D eigenvalue weighted by Gasteiger charge is 2.33. The summed E-state index contributed by atoms with van der Waals surface area (Å²) in [6.45, 7) is 3.98. The number of rotatable bonds is 3. The third-order valence-electron chi connectivity index (χ3n) is 5.22. The predicted octanol–water partition coefficient (Wildman–Crippen LogP) is 2.56. The maximum absolute atomic E-state index is 12.6. The van der Waals surface area contributed by atoms with Crippen LogP contribution in [0.25, 0.3) is 6.08 Å². The maximum Gasteiger partial charge on any atom is 0.232 e. The van der Waals surface area contributed by atoms with Crippen molar-refractivity contribution in [3.8, 4) is 11.5 Å². The van der Waals surface area contributed by atoms with Crippen LogP contribution in [0, 0.1) is 0 Å². The van der Waals surface area contributed by atoms with Crippen molar-refractivity contribution in [3.63, 3.8) is 0 Å². The minimum Gasteiger partial charge on any atom is -0.507 e. The molecule has 4 rings (SSSR count). The van der Waals surface area contributed by atoms with Gasteiger partial charge in [-0.15, -0.1) is 0 Å². The molecule has 1 aromatic heterocycles. The van der Waals surface area contributed by atoms with Crippen LogP contribution in [0.4, 0.5) is 0 Å². The van der Waals surface area contributed by atoms with Crippen molar-refractivity contribution in [1.82, 2.24) is 0 Å². The summed E-state index contributed by atoms with van der Waals surface area (Å²) in [6.07, 6.45) is 6.79. The number of benzene rings is 1. The van der Waals surface area contributed by atoms with E-state index in [1.54, 1.807) is 36.6 Å². The largest absolute Gasteiger partial charge is 0.507 e. The number of nitrogens with one attached hydrogen (secondary N) is 1. The van der Waals surface area contributed by atoms with Crippen LogP contribution < -0.4 is 9.64 Å². The summed E-state index contributed by atoms with van der Waals surface area (Å²) < 4.78 is 11.1. The Bertz CT molecular complexity index is 822. The number of likely N-dealkylation sites (tertiary alicyclic amines) is 1. The van der Waals surface area contributed by atoms with Crippen LogP contribution in [0.15, 0.2) is 40.7 Å². The van der Waals surface area contributed by atoms with E-state index in [4.69, 9.17) is 9.15 Å². The minimum atomic E-state index is -0.172. The molecule has 0 aliphatic carbocycles. The molecule has 2 aromatic rings. The molecular formula is C20H22NO4+. The van der Waals surface area contributed by atoms with E-state index >= 15 is 0 Å². The van der Waals surface area contributed by atoms with Gasteiger partial charge in [-0.3, -0.25) is 4.79 Å². The van der Waals surface area contributed by atoms with E-state index < -0.39 is 0 Å². The summed E-state index contributed by atoms with van der Waals surface area (Å²) in [6, 6.07) is 7.30. The van der Waals surface area contributed by atoms with Crippen molar-refractivity contribution in [2.45, 2.75) is 38.8 Å². The number of phenols is 1. The van der Waals surface area contributed by atoms with Crippen LogP contribution >= 0.6 is 0 Å². The SMILES string of the molecule is C[C@@H]1CCCC[NH+]1Cc1c(O)ccc2c1O/C(=C\c1ccco1)C2=O. The van der Waals surface area contributed by atoms with E-state index in [-0.39, 0.29) is 17.3 Å². The van der Waals surface area contributed by atoms with Gasteiger partial charge < -0.3 is 19.2 Å². The molecule has 0 spiro atoms. The molecule has 2 aliphatic rings. The second-order valence-electron chi connectivity index (χ2n) is 6.88. The van der Waals surface area contributed by atoms with E-state index in [0.717, 1.165) is 12.1 Å². The zero-order chi connectivity index (χ0) is 17.4. The number of furan rings is 1. The van der Waals surface area contributed by atoms with Crippen molar-refractivity contribution in [3.05, 3.63) is 53.2 Å². The summed E-state index contributed by atoms with van der Waals surface area (Å²) >= 11 is 0. The molecule has 0 bridgehead atoms. The average molecular weight is 340 g/mol. The van der Waals surface area contributed by atoms with Crippen molar-refractivity contribution in [1.29, 1.82) is 0 Å². The first-order valence-corrected chi connectivity index (χ1v) is 8.80. The second-order valence-corrected chi connectivity index (χ2v) is 6.88. The van der Waals surface area contributed by atoms with Crippen molar-refractivity contribution >= 4 is 11.9 Å². The van der Waals surface area contributed by atoms with Crippen LogP contribution in [0.1, 0.15) is 47.9 Å². The number of fused-ring (bicyclic) bond motifs is 1. The number of hydrogen-bond acceptors (Lipinski definition) is 4. The molecular weight excluding hydrogens is 318 g/mol. The fraction of sp³-hybridized carbons (Fsp3) is 0.350. The van der Waals surface area contributed by atoms with Gasteiger partial charge in [-0.05, 0) is 50.5 Å². The van der Waals surface area contributed by atoms with Gasteiger partial charge in [-0.1, -0.05) is 0 Å². The van der Waals surface area contributed by atoms with E-state index in [0.29, 0.717) is 29.7 Å². The topological polar surface area (TPSA) is 64.1 Å². The molecule has 3 heterocycles. The number of quaternary nitrogens is 1. The van der Waals surface area contributed by atoms with Gasteiger partial charge in [-0.2, -0.15) is 0 Å². The molecule has 1 fully saturated rings. The van der Waals surface area contributed by atoms with Crippen LogP contribution in [0.3, 0.4) is 0 Å². The molecule has 1 unspecified atom stereocenters. The molecule has 1 saturated heterocycles. The highest BCUT2D eigenvalue weighted by atomic mass is 16.5. The zero-order valence-corrected chi connectivity index (χ0v) is 14.2. The number of carbonyl (C=O) groups is 1. The Morgan fingerprint density at radius 2 is 2.20 bits per heavy atom. The molecule has 0 saturated carbocycles. The van der Waals surface area contributed by atoms with E-state index in [2.05, 4.69) is 6.92 Å². The lowest BCUT2D eigenvalue weighted by Gasteiger charge is -2.30. The number of allylic oxidation sites excluding steroid dienone is 1. The van der Waals surface area contributed by atoms with E-state index in [1.165, 1.54) is 24.2 Å². The Balaban J connectivity index is 1.67. The number of phenolic OH excluding ortho intramolecular Hbond substituents is 1. The Labute approximate surface area is 146 Å². The van der Waals surface area contributed by atoms with Gasteiger partial charge >= 0.3 is 0 Å². The molecule has 0 radical (unpaired) electrons. The number of aromatic hydroxyl groups is 1. The zero-order valence-electron chi connectivity index (χ0n) is 14.2. The number of Topliss-reactive ketones (excluding diaryl/α,β-unsaturated/α-hetero) is 1. The Hall–Kier alpha value is -2.53. The van der Waals surface area contributed by atoms with Crippen LogP contribution in [0.2, 0.25) is 0 Å². The molecule has 0 amide bonds. The first-order valence-electron chi connectivity index (χ1n) is 8.80. The lowest BCUT2D eigenvalue weighted by atomic mass is 10.0. The summed E-state index contributed by atoms with van der Waals surface area (Å²) in [5.41, 5.74) is 1.23. The Kier molecular flexibility index (Phi) is 4.09. The third-order valence-corrected chi connectivity index (χ3v) is 5.22. The van der Waals surface area contributed by atoms with Crippen LogP contribution in [-0.4, -0.2) is 23.5 Å². The number of ketones is 1. The highest BCUT2D eigenvalue weighted by molar-refractivity contribution is 6.14. The third kappa shape index (κ3) is 2.96. The average Bonchev–Trinajstić information content (AvgIpc) is 3.21. The Morgan fingerprint density at radius 3 is 2.96 bits per heavy atom. The molecule has 130 valence electrons. The number of piperidine rings is 1. The molecule has 2 N–H and O–H groups in total. The highest BCUT2D eigenvalue weighted by Crippen LogP contribution is 2.39. The lowest BCUT2D eigenvalue weighted by molar-refractivity contribution is -0.941. The van der Waals surface area contributed by atoms with Gasteiger partial charge in [0.15, 0.2) is 11.5 Å². The standard InChI is InChI=1S/C20H21NO4/c1-13-5-2-3-9-21(13)12-16-17(22)8-7-15-19(23)18(25-20(15)16)11-14-6-4-10-24-14/h4,6-8,10-11,13,22H,2-3,5,9,12H2,1H3/p+1/b18-11-/t13-/m1/s1. The monoisotopic (exact) mass is 340 g/mol. The van der Waals surface area contributed by atoms with Crippen molar-refractivity contribution in [2.75, 3.05) is 6.54 Å². The van der Waals surface area contributed by atoms with Crippen LogP contribution in [0.5, 0.6) is 11.5 Å². The maximum atomic E-state index is 12.6. The Morgan fingerprint density at radius 1 is 1.32 bits per heavy atom. The number of ether oxygens (including phenoxy) is 1. The molecule has 5 nitrogen and oxygen atoms in total. The lowest BCUT2D eigenvalue weighted by Crippen LogP contribution is -3.14. The van der Waals surface area contributed by atoms with Crippen molar-refractivity contribution < 1.29 is 24.0 Å². The first kappa shape index (κ1) is 16.0. The molecule has 25 heavy (non-hydrogen) atoms. The fourth-order valence-corrected chi connectivity index (χ4v) is 3.71.